The normalized spacial score (nSPS) is 15.8. The number of pyridine rings is 1. The molecule has 1 unspecified atom stereocenters. The van der Waals surface area contributed by atoms with Gasteiger partial charge in [-0.2, -0.15) is 13.2 Å². The van der Waals surface area contributed by atoms with Crippen LogP contribution in [-0.4, -0.2) is 54.2 Å². The third-order valence-corrected chi connectivity index (χ3v) is 5.96. The molecule has 4 rings (SSSR count). The largest absolute Gasteiger partial charge is 0.472 e. The molecule has 1 aliphatic heterocycles. The van der Waals surface area contributed by atoms with Gasteiger partial charge in [0.15, 0.2) is 0 Å². The maximum absolute atomic E-state index is 12.7. The van der Waals surface area contributed by atoms with Crippen molar-refractivity contribution in [1.82, 2.24) is 9.88 Å². The fraction of sp³-hybridized carbons (Fsp3) is 0.308. The van der Waals surface area contributed by atoms with Crippen LogP contribution in [0.5, 0.6) is 5.88 Å². The molecule has 184 valence electrons. The lowest BCUT2D eigenvalue weighted by molar-refractivity contribution is -0.137. The van der Waals surface area contributed by atoms with E-state index in [-0.39, 0.29) is 24.5 Å². The zero-order chi connectivity index (χ0) is 25.2. The van der Waals surface area contributed by atoms with Crippen LogP contribution in [0.1, 0.15) is 27.9 Å². The van der Waals surface area contributed by atoms with Gasteiger partial charge >= 0.3 is 6.18 Å². The van der Waals surface area contributed by atoms with E-state index in [1.165, 1.54) is 11.0 Å². The molecule has 2 heterocycles. The van der Waals surface area contributed by atoms with E-state index in [4.69, 9.17) is 4.74 Å². The summed E-state index contributed by atoms with van der Waals surface area (Å²) >= 11 is 0. The Kier molecular flexibility index (Phi) is 6.98. The number of aliphatic hydroxyl groups excluding tert-OH is 1. The molecule has 1 saturated heterocycles. The molecule has 2 aromatic carbocycles. The minimum absolute atomic E-state index is 0.105. The Labute approximate surface area is 201 Å². The van der Waals surface area contributed by atoms with E-state index in [0.29, 0.717) is 30.6 Å². The first-order chi connectivity index (χ1) is 16.7. The number of rotatable bonds is 6. The van der Waals surface area contributed by atoms with Gasteiger partial charge < -0.3 is 19.6 Å². The number of amides is 1. The quantitative estimate of drug-likeness (QED) is 0.552. The standard InChI is InChI=1S/C26H26F3N3O3/c1-31(2)25(34)22-6-4-3-5-21(22)17-7-9-23(18(13-17)16-33)32-12-11-20(15-32)35-24-10-8-19(14-30-24)26(27,28)29/h3-10,13-14,20,33H,11-12,15-16H2,1-2H3. The number of anilines is 1. The number of carbonyl (C=O) groups is 1. The summed E-state index contributed by atoms with van der Waals surface area (Å²) in [5, 5.41) is 10.1. The van der Waals surface area contributed by atoms with Gasteiger partial charge in [-0.05, 0) is 35.4 Å². The molecule has 1 fully saturated rings. The van der Waals surface area contributed by atoms with Crippen LogP contribution in [0.15, 0.2) is 60.8 Å². The summed E-state index contributed by atoms with van der Waals surface area (Å²) in [6.45, 7) is 0.980. The molecule has 1 amide bonds. The summed E-state index contributed by atoms with van der Waals surface area (Å²) < 4.78 is 44.0. The highest BCUT2D eigenvalue weighted by atomic mass is 19.4. The molecule has 0 bridgehead atoms. The van der Waals surface area contributed by atoms with E-state index in [1.807, 2.05) is 36.4 Å². The van der Waals surface area contributed by atoms with Crippen LogP contribution in [0.25, 0.3) is 11.1 Å². The summed E-state index contributed by atoms with van der Waals surface area (Å²) in [5.74, 6) is 0.0383. The predicted molar refractivity (Wildman–Crippen MR) is 126 cm³/mol. The first-order valence-corrected chi connectivity index (χ1v) is 11.2. The van der Waals surface area contributed by atoms with Crippen molar-refractivity contribution in [3.8, 4) is 17.0 Å². The molecule has 9 heteroatoms. The van der Waals surface area contributed by atoms with Crippen LogP contribution in [0.4, 0.5) is 18.9 Å². The van der Waals surface area contributed by atoms with E-state index in [9.17, 15) is 23.1 Å². The second-order valence-electron chi connectivity index (χ2n) is 8.60. The van der Waals surface area contributed by atoms with Crippen LogP contribution in [-0.2, 0) is 12.8 Å². The van der Waals surface area contributed by atoms with Crippen LogP contribution in [0.2, 0.25) is 0 Å². The van der Waals surface area contributed by atoms with Crippen molar-refractivity contribution in [2.75, 3.05) is 32.1 Å². The van der Waals surface area contributed by atoms with Gasteiger partial charge in [-0.15, -0.1) is 0 Å². The molecule has 0 spiro atoms. The Bertz CT molecular complexity index is 1200. The summed E-state index contributed by atoms with van der Waals surface area (Å²) in [5.41, 5.74) is 2.92. The highest BCUT2D eigenvalue weighted by molar-refractivity contribution is 6.00. The molecule has 1 aliphatic rings. The second kappa shape index (κ2) is 9.95. The van der Waals surface area contributed by atoms with Crippen molar-refractivity contribution >= 4 is 11.6 Å². The zero-order valence-corrected chi connectivity index (χ0v) is 19.4. The van der Waals surface area contributed by atoms with Crippen molar-refractivity contribution in [2.45, 2.75) is 25.3 Å². The number of carbonyl (C=O) groups excluding carboxylic acids is 1. The van der Waals surface area contributed by atoms with Gasteiger partial charge in [0.25, 0.3) is 5.91 Å². The highest BCUT2D eigenvalue weighted by Gasteiger charge is 2.31. The molecular weight excluding hydrogens is 459 g/mol. The number of hydrogen-bond donors (Lipinski definition) is 1. The van der Waals surface area contributed by atoms with Crippen molar-refractivity contribution < 1.29 is 27.8 Å². The summed E-state index contributed by atoms with van der Waals surface area (Å²) in [6, 6.07) is 15.2. The molecule has 6 nitrogen and oxygen atoms in total. The Morgan fingerprint density at radius 2 is 1.94 bits per heavy atom. The number of halogens is 3. The van der Waals surface area contributed by atoms with Crippen molar-refractivity contribution in [1.29, 1.82) is 0 Å². The lowest BCUT2D eigenvalue weighted by Gasteiger charge is -2.23. The highest BCUT2D eigenvalue weighted by Crippen LogP contribution is 2.33. The van der Waals surface area contributed by atoms with E-state index >= 15 is 0 Å². The topological polar surface area (TPSA) is 65.9 Å². The lowest BCUT2D eigenvalue weighted by Crippen LogP contribution is -2.25. The summed E-state index contributed by atoms with van der Waals surface area (Å²) in [7, 11) is 3.40. The third-order valence-electron chi connectivity index (χ3n) is 5.96. The molecule has 1 N–H and O–H groups in total. The molecule has 0 aliphatic carbocycles. The number of hydrogen-bond acceptors (Lipinski definition) is 5. The van der Waals surface area contributed by atoms with Crippen molar-refractivity contribution in [3.05, 3.63) is 77.5 Å². The molecular formula is C26H26F3N3O3. The van der Waals surface area contributed by atoms with Gasteiger partial charge in [0.2, 0.25) is 5.88 Å². The number of ether oxygens (including phenoxy) is 1. The number of alkyl halides is 3. The van der Waals surface area contributed by atoms with Gasteiger partial charge in [0.05, 0.1) is 18.7 Å². The zero-order valence-electron chi connectivity index (χ0n) is 19.4. The maximum atomic E-state index is 12.7. The molecule has 3 aromatic rings. The third kappa shape index (κ3) is 5.40. The Morgan fingerprint density at radius 1 is 1.17 bits per heavy atom. The number of aliphatic hydroxyl groups is 1. The molecule has 1 aromatic heterocycles. The van der Waals surface area contributed by atoms with Crippen molar-refractivity contribution in [2.24, 2.45) is 0 Å². The number of aromatic nitrogens is 1. The SMILES string of the molecule is CN(C)C(=O)c1ccccc1-c1ccc(N2CCC(Oc3ccc(C(F)(F)F)cn3)C2)c(CO)c1. The van der Waals surface area contributed by atoms with Crippen molar-refractivity contribution in [3.63, 3.8) is 0 Å². The van der Waals surface area contributed by atoms with Crippen LogP contribution in [0.3, 0.4) is 0 Å². The van der Waals surface area contributed by atoms with Crippen LogP contribution >= 0.6 is 0 Å². The fourth-order valence-corrected chi connectivity index (χ4v) is 4.18. The molecule has 35 heavy (non-hydrogen) atoms. The van der Waals surface area contributed by atoms with Gasteiger partial charge in [-0.3, -0.25) is 4.79 Å². The van der Waals surface area contributed by atoms with E-state index in [2.05, 4.69) is 9.88 Å². The average molecular weight is 486 g/mol. The first kappa shape index (κ1) is 24.5. The fourth-order valence-electron chi connectivity index (χ4n) is 4.18. The minimum Gasteiger partial charge on any atom is -0.472 e. The Morgan fingerprint density at radius 3 is 2.60 bits per heavy atom. The predicted octanol–water partition coefficient (Wildman–Crippen LogP) is 4.62. The first-order valence-electron chi connectivity index (χ1n) is 11.2. The van der Waals surface area contributed by atoms with E-state index in [1.54, 1.807) is 20.2 Å². The second-order valence-corrected chi connectivity index (χ2v) is 8.60. The van der Waals surface area contributed by atoms with Gasteiger partial charge in [-0.1, -0.05) is 24.3 Å². The molecule has 0 radical (unpaired) electrons. The summed E-state index contributed by atoms with van der Waals surface area (Å²) in [4.78, 5) is 20.0. The van der Waals surface area contributed by atoms with E-state index < -0.39 is 11.7 Å². The molecule has 0 saturated carbocycles. The van der Waals surface area contributed by atoms with Crippen LogP contribution in [0, 0.1) is 0 Å². The smallest absolute Gasteiger partial charge is 0.417 e. The number of nitrogens with zero attached hydrogens (tertiary/aromatic N) is 3. The Balaban J connectivity index is 1.51. The van der Waals surface area contributed by atoms with Gasteiger partial charge in [0.1, 0.15) is 6.10 Å². The molecule has 1 atom stereocenters. The number of benzene rings is 2. The minimum atomic E-state index is -4.44. The Hall–Kier alpha value is -3.59. The van der Waals surface area contributed by atoms with Gasteiger partial charge in [0, 0.05) is 56.1 Å². The maximum Gasteiger partial charge on any atom is 0.417 e. The average Bonchev–Trinajstić information content (AvgIpc) is 3.31. The van der Waals surface area contributed by atoms with E-state index in [0.717, 1.165) is 29.1 Å². The monoisotopic (exact) mass is 485 g/mol. The van der Waals surface area contributed by atoms with Gasteiger partial charge in [-0.25, -0.2) is 4.98 Å². The van der Waals surface area contributed by atoms with Crippen LogP contribution < -0.4 is 9.64 Å². The summed E-state index contributed by atoms with van der Waals surface area (Å²) in [6.07, 6.45) is -3.26. The lowest BCUT2D eigenvalue weighted by atomic mass is 9.96.